The molecule has 1 atom stereocenters. The molecule has 1 amide bonds. The molecule has 7 heteroatoms. The van der Waals surface area contributed by atoms with Crippen LogP contribution in [0.3, 0.4) is 0 Å². The monoisotopic (exact) mass is 355 g/mol. The standard InChI is InChI=1S/C19H25N5O2/c1-2-4-16-15(10-20-12-21-16)19(26)23-7-3-8-24-14(11-23)9-17(22-24)18(25)13-5-6-13/h9-10,12-13,18,25H,2-8,11H2,1H3/t18-/m0/s1. The SMILES string of the molecule is CCCc1ncncc1C(=O)N1CCCn2nc([C@@H](O)C3CC3)cc2C1. The van der Waals surface area contributed by atoms with Gasteiger partial charge in [0.15, 0.2) is 0 Å². The Labute approximate surface area is 153 Å². The first-order chi connectivity index (χ1) is 12.7. The molecule has 1 aliphatic carbocycles. The summed E-state index contributed by atoms with van der Waals surface area (Å²) < 4.78 is 1.95. The number of aromatic nitrogens is 4. The molecule has 1 saturated carbocycles. The second-order valence-electron chi connectivity index (χ2n) is 7.28. The molecule has 1 N–H and O–H groups in total. The maximum Gasteiger partial charge on any atom is 0.257 e. The lowest BCUT2D eigenvalue weighted by atomic mass is 10.1. The summed E-state index contributed by atoms with van der Waals surface area (Å²) in [4.78, 5) is 23.3. The van der Waals surface area contributed by atoms with Crippen molar-refractivity contribution in [3.63, 3.8) is 0 Å². The van der Waals surface area contributed by atoms with Gasteiger partial charge in [0, 0.05) is 19.3 Å². The van der Waals surface area contributed by atoms with Gasteiger partial charge >= 0.3 is 0 Å². The molecule has 7 nitrogen and oxygen atoms in total. The third-order valence-corrected chi connectivity index (χ3v) is 5.20. The first-order valence-electron chi connectivity index (χ1n) is 9.50. The number of aryl methyl sites for hydroxylation is 2. The van der Waals surface area contributed by atoms with Crippen LogP contribution in [-0.2, 0) is 19.5 Å². The summed E-state index contributed by atoms with van der Waals surface area (Å²) in [5.74, 6) is 0.331. The van der Waals surface area contributed by atoms with E-state index in [9.17, 15) is 9.90 Å². The largest absolute Gasteiger partial charge is 0.386 e. The van der Waals surface area contributed by atoms with E-state index >= 15 is 0 Å². The zero-order chi connectivity index (χ0) is 18.1. The molecule has 2 aromatic rings. The molecule has 0 saturated heterocycles. The van der Waals surface area contributed by atoms with Crippen LogP contribution in [0.25, 0.3) is 0 Å². The Hall–Kier alpha value is -2.28. The molecule has 3 heterocycles. The van der Waals surface area contributed by atoms with Crippen molar-refractivity contribution in [2.45, 2.75) is 58.2 Å². The van der Waals surface area contributed by atoms with Gasteiger partial charge in [-0.3, -0.25) is 9.48 Å². The lowest BCUT2D eigenvalue weighted by Gasteiger charge is -2.21. The van der Waals surface area contributed by atoms with Gasteiger partial charge in [-0.1, -0.05) is 13.3 Å². The number of amides is 1. The molecule has 1 fully saturated rings. The average molecular weight is 355 g/mol. The summed E-state index contributed by atoms with van der Waals surface area (Å²) >= 11 is 0. The fraction of sp³-hybridized carbons (Fsp3) is 0.579. The second-order valence-corrected chi connectivity index (χ2v) is 7.28. The third kappa shape index (κ3) is 3.35. The zero-order valence-corrected chi connectivity index (χ0v) is 15.1. The Bertz CT molecular complexity index is 799. The number of fused-ring (bicyclic) bond motifs is 1. The number of carbonyl (C=O) groups is 1. The van der Waals surface area contributed by atoms with Crippen molar-refractivity contribution >= 4 is 5.91 Å². The number of rotatable bonds is 5. The number of nitrogens with zero attached hydrogens (tertiary/aromatic N) is 5. The van der Waals surface area contributed by atoms with E-state index in [1.807, 2.05) is 15.6 Å². The van der Waals surface area contributed by atoms with Crippen LogP contribution < -0.4 is 0 Å². The highest BCUT2D eigenvalue weighted by Gasteiger charge is 2.33. The number of aliphatic hydroxyl groups is 1. The topological polar surface area (TPSA) is 84.1 Å². The van der Waals surface area contributed by atoms with Gasteiger partial charge in [-0.05, 0) is 37.7 Å². The normalized spacial score (nSPS) is 18.3. The summed E-state index contributed by atoms with van der Waals surface area (Å²) in [7, 11) is 0. The summed E-state index contributed by atoms with van der Waals surface area (Å²) in [6, 6.07) is 1.96. The number of hydrogen-bond acceptors (Lipinski definition) is 5. The summed E-state index contributed by atoms with van der Waals surface area (Å²) in [6.07, 6.45) is 7.35. The Morgan fingerprint density at radius 2 is 2.23 bits per heavy atom. The molecule has 2 aromatic heterocycles. The van der Waals surface area contributed by atoms with Crippen LogP contribution >= 0.6 is 0 Å². The van der Waals surface area contributed by atoms with E-state index in [1.54, 1.807) is 6.20 Å². The molecule has 0 bridgehead atoms. The van der Waals surface area contributed by atoms with Crippen LogP contribution in [0.4, 0.5) is 0 Å². The molecule has 1 aliphatic heterocycles. The van der Waals surface area contributed by atoms with Crippen LogP contribution in [0.5, 0.6) is 0 Å². The third-order valence-electron chi connectivity index (χ3n) is 5.20. The molecule has 0 unspecified atom stereocenters. The molecule has 0 spiro atoms. The maximum atomic E-state index is 13.1. The molecular formula is C19H25N5O2. The molecule has 0 radical (unpaired) electrons. The first kappa shape index (κ1) is 17.1. The fourth-order valence-electron chi connectivity index (χ4n) is 3.60. The Balaban J connectivity index is 1.56. The van der Waals surface area contributed by atoms with E-state index in [2.05, 4.69) is 22.0 Å². The van der Waals surface area contributed by atoms with Gasteiger partial charge in [0.25, 0.3) is 5.91 Å². The predicted octanol–water partition coefficient (Wildman–Crippen LogP) is 2.12. The van der Waals surface area contributed by atoms with E-state index < -0.39 is 6.10 Å². The Kier molecular flexibility index (Phi) is 4.72. The average Bonchev–Trinajstić information content (AvgIpc) is 3.45. The summed E-state index contributed by atoms with van der Waals surface area (Å²) in [5.41, 5.74) is 3.14. The molecule has 4 rings (SSSR count). The Morgan fingerprint density at radius 1 is 1.38 bits per heavy atom. The molecule has 0 aromatic carbocycles. The van der Waals surface area contributed by atoms with E-state index in [0.717, 1.165) is 55.7 Å². The van der Waals surface area contributed by atoms with Gasteiger partial charge in [0.1, 0.15) is 12.4 Å². The minimum Gasteiger partial charge on any atom is -0.386 e. The number of hydrogen-bond donors (Lipinski definition) is 1. The summed E-state index contributed by atoms with van der Waals surface area (Å²) in [5, 5.41) is 14.9. The van der Waals surface area contributed by atoms with Gasteiger partial charge in [0.05, 0.1) is 29.2 Å². The maximum absolute atomic E-state index is 13.1. The minimum atomic E-state index is -0.475. The van der Waals surface area contributed by atoms with Gasteiger partial charge in [-0.2, -0.15) is 5.10 Å². The van der Waals surface area contributed by atoms with Gasteiger partial charge in [-0.15, -0.1) is 0 Å². The highest BCUT2D eigenvalue weighted by Crippen LogP contribution is 2.40. The van der Waals surface area contributed by atoms with Crippen LogP contribution in [0, 0.1) is 5.92 Å². The van der Waals surface area contributed by atoms with Crippen molar-refractivity contribution in [3.8, 4) is 0 Å². The first-order valence-corrected chi connectivity index (χ1v) is 9.50. The van der Waals surface area contributed by atoms with E-state index in [4.69, 9.17) is 0 Å². The van der Waals surface area contributed by atoms with Crippen LogP contribution in [0.1, 0.15) is 66.2 Å². The number of aliphatic hydroxyl groups excluding tert-OH is 1. The van der Waals surface area contributed by atoms with E-state index in [1.165, 1.54) is 6.33 Å². The fourth-order valence-corrected chi connectivity index (χ4v) is 3.60. The van der Waals surface area contributed by atoms with Crippen molar-refractivity contribution in [2.24, 2.45) is 5.92 Å². The van der Waals surface area contributed by atoms with Gasteiger partial charge < -0.3 is 10.0 Å². The van der Waals surface area contributed by atoms with Crippen molar-refractivity contribution in [2.75, 3.05) is 6.54 Å². The molecule has 26 heavy (non-hydrogen) atoms. The molecule has 2 aliphatic rings. The predicted molar refractivity (Wildman–Crippen MR) is 95.3 cm³/mol. The number of carbonyl (C=O) groups excluding carboxylic acids is 1. The van der Waals surface area contributed by atoms with Crippen molar-refractivity contribution < 1.29 is 9.90 Å². The van der Waals surface area contributed by atoms with Crippen molar-refractivity contribution in [1.29, 1.82) is 0 Å². The molecule has 138 valence electrons. The van der Waals surface area contributed by atoms with E-state index in [-0.39, 0.29) is 5.91 Å². The Morgan fingerprint density at radius 3 is 3.00 bits per heavy atom. The smallest absolute Gasteiger partial charge is 0.257 e. The van der Waals surface area contributed by atoms with Crippen molar-refractivity contribution in [1.82, 2.24) is 24.6 Å². The van der Waals surface area contributed by atoms with Crippen LogP contribution in [0.15, 0.2) is 18.6 Å². The lowest BCUT2D eigenvalue weighted by Crippen LogP contribution is -2.31. The van der Waals surface area contributed by atoms with Crippen LogP contribution in [0.2, 0.25) is 0 Å². The van der Waals surface area contributed by atoms with E-state index in [0.29, 0.717) is 24.6 Å². The highest BCUT2D eigenvalue weighted by atomic mass is 16.3. The zero-order valence-electron chi connectivity index (χ0n) is 15.1. The van der Waals surface area contributed by atoms with Crippen molar-refractivity contribution in [3.05, 3.63) is 41.2 Å². The van der Waals surface area contributed by atoms with Crippen LogP contribution in [-0.4, -0.2) is 42.2 Å². The quantitative estimate of drug-likeness (QED) is 0.888. The summed E-state index contributed by atoms with van der Waals surface area (Å²) in [6.45, 7) is 4.03. The molecular weight excluding hydrogens is 330 g/mol. The highest BCUT2D eigenvalue weighted by molar-refractivity contribution is 5.95. The van der Waals surface area contributed by atoms with Gasteiger partial charge in [0.2, 0.25) is 0 Å². The minimum absolute atomic E-state index is 0.0204. The van der Waals surface area contributed by atoms with Gasteiger partial charge in [-0.25, -0.2) is 9.97 Å². The second kappa shape index (κ2) is 7.15. The lowest BCUT2D eigenvalue weighted by molar-refractivity contribution is 0.0743.